The van der Waals surface area contributed by atoms with Gasteiger partial charge in [0, 0.05) is 17.0 Å². The second-order valence-electron chi connectivity index (χ2n) is 5.05. The maximum absolute atomic E-state index is 12.1. The van der Waals surface area contributed by atoms with Gasteiger partial charge in [0.1, 0.15) is 0 Å². The van der Waals surface area contributed by atoms with Crippen LogP contribution < -0.4 is 10.6 Å². The van der Waals surface area contributed by atoms with Crippen LogP contribution in [0.15, 0.2) is 53.4 Å². The molecule has 2 N–H and O–H groups in total. The third-order valence-corrected chi connectivity index (χ3v) is 4.40. The summed E-state index contributed by atoms with van der Waals surface area (Å²) in [7, 11) is 1.31. The number of carbonyl (C=O) groups is 2. The van der Waals surface area contributed by atoms with Crippen LogP contribution in [0.2, 0.25) is 0 Å². The van der Waals surface area contributed by atoms with E-state index >= 15 is 0 Å². The van der Waals surface area contributed by atoms with Gasteiger partial charge in [-0.2, -0.15) is 0 Å². The van der Waals surface area contributed by atoms with Gasteiger partial charge in [0.05, 0.1) is 12.7 Å². The van der Waals surface area contributed by atoms with Crippen molar-refractivity contribution in [1.82, 2.24) is 10.6 Å². The van der Waals surface area contributed by atoms with Crippen LogP contribution in [0.4, 0.5) is 0 Å². The molecule has 25 heavy (non-hydrogen) atoms. The molecule has 0 aromatic heterocycles. The van der Waals surface area contributed by atoms with Gasteiger partial charge < -0.3 is 10.1 Å². The highest BCUT2D eigenvalue weighted by molar-refractivity contribution is 7.98. The third kappa shape index (κ3) is 5.58. The maximum atomic E-state index is 12.1. The SMILES string of the molecule is COC(=O)c1ccc(C(=O)NC(=S)NCc2ccc(SC)cc2)cc1. The minimum Gasteiger partial charge on any atom is -0.465 e. The topological polar surface area (TPSA) is 67.4 Å². The number of thiocarbonyl (C=S) groups is 1. The summed E-state index contributed by atoms with van der Waals surface area (Å²) in [6.07, 6.45) is 2.02. The Hall–Kier alpha value is -2.38. The number of thioether (sulfide) groups is 1. The Morgan fingerprint density at radius 3 is 2.20 bits per heavy atom. The van der Waals surface area contributed by atoms with E-state index in [1.807, 2.05) is 30.5 Å². The maximum Gasteiger partial charge on any atom is 0.337 e. The van der Waals surface area contributed by atoms with E-state index in [9.17, 15) is 9.59 Å². The number of ether oxygens (including phenoxy) is 1. The molecule has 5 nitrogen and oxygen atoms in total. The Morgan fingerprint density at radius 1 is 1.04 bits per heavy atom. The number of carbonyl (C=O) groups excluding carboxylic acids is 2. The van der Waals surface area contributed by atoms with Crippen molar-refractivity contribution in [3.8, 4) is 0 Å². The third-order valence-electron chi connectivity index (χ3n) is 3.41. The van der Waals surface area contributed by atoms with Gasteiger partial charge in [-0.05, 0) is 60.4 Å². The normalized spacial score (nSPS) is 10.0. The number of hydrogen-bond donors (Lipinski definition) is 2. The van der Waals surface area contributed by atoms with Gasteiger partial charge in [0.2, 0.25) is 0 Å². The largest absolute Gasteiger partial charge is 0.465 e. The fraction of sp³-hybridized carbons (Fsp3) is 0.167. The van der Waals surface area contributed by atoms with E-state index in [4.69, 9.17) is 12.2 Å². The first-order valence-corrected chi connectivity index (χ1v) is 9.07. The molecular weight excluding hydrogens is 356 g/mol. The van der Waals surface area contributed by atoms with Gasteiger partial charge in [0.25, 0.3) is 5.91 Å². The number of hydrogen-bond acceptors (Lipinski definition) is 5. The molecule has 0 aliphatic carbocycles. The van der Waals surface area contributed by atoms with Crippen molar-refractivity contribution in [2.75, 3.05) is 13.4 Å². The number of nitrogens with one attached hydrogen (secondary N) is 2. The molecule has 0 bridgehead atoms. The molecule has 0 fully saturated rings. The first-order valence-electron chi connectivity index (χ1n) is 7.44. The summed E-state index contributed by atoms with van der Waals surface area (Å²) in [5.41, 5.74) is 1.85. The molecule has 0 atom stereocenters. The molecule has 0 saturated carbocycles. The lowest BCUT2D eigenvalue weighted by Gasteiger charge is -2.10. The Kier molecular flexibility index (Phi) is 6.97. The van der Waals surface area contributed by atoms with Gasteiger partial charge in [-0.15, -0.1) is 11.8 Å². The monoisotopic (exact) mass is 374 g/mol. The van der Waals surface area contributed by atoms with Crippen LogP contribution >= 0.6 is 24.0 Å². The molecule has 1 amide bonds. The van der Waals surface area contributed by atoms with Crippen molar-refractivity contribution in [3.05, 3.63) is 65.2 Å². The van der Waals surface area contributed by atoms with Gasteiger partial charge in [0.15, 0.2) is 5.11 Å². The molecule has 2 aromatic rings. The van der Waals surface area contributed by atoms with E-state index in [-0.39, 0.29) is 11.0 Å². The van der Waals surface area contributed by atoms with Crippen LogP contribution in [-0.2, 0) is 11.3 Å². The van der Waals surface area contributed by atoms with E-state index in [1.165, 1.54) is 24.1 Å². The Balaban J connectivity index is 1.86. The second-order valence-corrected chi connectivity index (χ2v) is 6.34. The number of amides is 1. The molecule has 0 aliphatic rings. The zero-order chi connectivity index (χ0) is 18.2. The minimum absolute atomic E-state index is 0.246. The van der Waals surface area contributed by atoms with Crippen LogP contribution in [-0.4, -0.2) is 30.4 Å². The molecule has 0 unspecified atom stereocenters. The summed E-state index contributed by atoms with van der Waals surface area (Å²) in [6, 6.07) is 14.2. The van der Waals surface area contributed by atoms with Crippen LogP contribution in [0, 0.1) is 0 Å². The Morgan fingerprint density at radius 2 is 1.64 bits per heavy atom. The molecule has 0 radical (unpaired) electrons. The average Bonchev–Trinajstić information content (AvgIpc) is 2.66. The zero-order valence-electron chi connectivity index (χ0n) is 13.9. The van der Waals surface area contributed by atoms with Crippen molar-refractivity contribution >= 4 is 41.0 Å². The lowest BCUT2D eigenvalue weighted by Crippen LogP contribution is -2.38. The van der Waals surface area contributed by atoms with Crippen molar-refractivity contribution < 1.29 is 14.3 Å². The number of esters is 1. The van der Waals surface area contributed by atoms with E-state index in [0.29, 0.717) is 17.7 Å². The van der Waals surface area contributed by atoms with Crippen molar-refractivity contribution in [2.45, 2.75) is 11.4 Å². The summed E-state index contributed by atoms with van der Waals surface area (Å²) in [4.78, 5) is 24.7. The molecule has 7 heteroatoms. The fourth-order valence-corrected chi connectivity index (χ4v) is 2.59. The minimum atomic E-state index is -0.448. The summed E-state index contributed by atoms with van der Waals surface area (Å²) >= 11 is 6.82. The summed E-state index contributed by atoms with van der Waals surface area (Å²) in [5, 5.41) is 5.85. The number of rotatable bonds is 5. The molecule has 130 valence electrons. The number of benzene rings is 2. The van der Waals surface area contributed by atoms with E-state index in [1.54, 1.807) is 23.9 Å². The predicted octanol–water partition coefficient (Wildman–Crippen LogP) is 3.00. The number of methoxy groups -OCH3 is 1. The smallest absolute Gasteiger partial charge is 0.337 e. The van der Waals surface area contributed by atoms with Crippen molar-refractivity contribution in [2.24, 2.45) is 0 Å². The van der Waals surface area contributed by atoms with Crippen LogP contribution in [0.1, 0.15) is 26.3 Å². The van der Waals surface area contributed by atoms with Crippen molar-refractivity contribution in [3.63, 3.8) is 0 Å². The first kappa shape index (κ1) is 19.0. The summed E-state index contributed by atoms with van der Waals surface area (Å²) in [6.45, 7) is 0.523. The fourth-order valence-electron chi connectivity index (χ4n) is 2.02. The molecule has 2 rings (SSSR count). The summed E-state index contributed by atoms with van der Waals surface area (Å²) < 4.78 is 4.62. The Labute approximate surface area is 156 Å². The van der Waals surface area contributed by atoms with Gasteiger partial charge in [-0.1, -0.05) is 12.1 Å². The van der Waals surface area contributed by atoms with Crippen LogP contribution in [0.5, 0.6) is 0 Å². The highest BCUT2D eigenvalue weighted by Crippen LogP contribution is 2.14. The van der Waals surface area contributed by atoms with Crippen LogP contribution in [0.25, 0.3) is 0 Å². The van der Waals surface area contributed by atoms with Gasteiger partial charge in [-0.3, -0.25) is 10.1 Å². The molecule has 0 spiro atoms. The van der Waals surface area contributed by atoms with E-state index in [0.717, 1.165) is 5.56 Å². The molecule has 0 saturated heterocycles. The molecule has 0 heterocycles. The van der Waals surface area contributed by atoms with Gasteiger partial charge >= 0.3 is 5.97 Å². The highest BCUT2D eigenvalue weighted by atomic mass is 32.2. The highest BCUT2D eigenvalue weighted by Gasteiger charge is 2.10. The van der Waals surface area contributed by atoms with E-state index < -0.39 is 5.97 Å². The molecule has 2 aromatic carbocycles. The van der Waals surface area contributed by atoms with Crippen molar-refractivity contribution in [1.29, 1.82) is 0 Å². The lowest BCUT2D eigenvalue weighted by atomic mass is 10.1. The Bertz CT molecular complexity index is 759. The zero-order valence-corrected chi connectivity index (χ0v) is 15.5. The first-order chi connectivity index (χ1) is 12.0. The second kappa shape index (κ2) is 9.19. The van der Waals surface area contributed by atoms with Gasteiger partial charge in [-0.25, -0.2) is 4.79 Å². The average molecular weight is 374 g/mol. The lowest BCUT2D eigenvalue weighted by molar-refractivity contribution is 0.0600. The summed E-state index contributed by atoms with van der Waals surface area (Å²) in [5.74, 6) is -0.789. The molecule has 0 aliphatic heterocycles. The van der Waals surface area contributed by atoms with Crippen LogP contribution in [0.3, 0.4) is 0 Å². The molecular formula is C18H18N2O3S2. The quantitative estimate of drug-likeness (QED) is 0.476. The standard InChI is InChI=1S/C18H18N2O3S2/c1-23-17(22)14-7-5-13(6-8-14)16(21)20-18(24)19-11-12-3-9-15(25-2)10-4-12/h3-10H,11H2,1-2H3,(H2,19,20,21,24). The predicted molar refractivity (Wildman–Crippen MR) is 103 cm³/mol. The van der Waals surface area contributed by atoms with E-state index in [2.05, 4.69) is 15.4 Å².